The zero-order valence-corrected chi connectivity index (χ0v) is 22.5. The van der Waals surface area contributed by atoms with E-state index in [0.717, 1.165) is 49.8 Å². The first-order valence-electron chi connectivity index (χ1n) is 12.1. The highest BCUT2D eigenvalue weighted by atomic mass is 35.5. The summed E-state index contributed by atoms with van der Waals surface area (Å²) in [5, 5.41) is 14.6. The molecule has 3 heterocycles. The zero-order chi connectivity index (χ0) is 25.9. The molecule has 0 aliphatic carbocycles. The van der Waals surface area contributed by atoms with Gasteiger partial charge in [-0.3, -0.25) is 0 Å². The molecule has 0 bridgehead atoms. The monoisotopic (exact) mass is 533 g/mol. The number of aryl methyl sites for hydroxylation is 1. The van der Waals surface area contributed by atoms with Crippen molar-refractivity contribution in [1.29, 1.82) is 0 Å². The Labute approximate surface area is 224 Å². The standard InChI is InChI=1S/C28H28ClN5O2S/c1-17(7-6-16-35)31-25-23-22(18-10-12-19(36-3)13-11-18)24(20-8-4-5-9-21(20)29)37-28(23)33-26(32-25)27-30-14-15-34(27)2/h4-5,8-15,17,35H,6-7,16H2,1-3H3,(H,31,32,33). The zero-order valence-electron chi connectivity index (χ0n) is 20.9. The van der Waals surface area contributed by atoms with Crippen molar-refractivity contribution in [2.45, 2.75) is 25.8 Å². The molecule has 0 saturated heterocycles. The molecule has 7 nitrogen and oxygen atoms in total. The number of aliphatic hydroxyl groups excluding tert-OH is 1. The number of aliphatic hydroxyl groups is 1. The molecule has 2 aromatic carbocycles. The maximum atomic E-state index is 9.36. The Hall–Kier alpha value is -3.46. The van der Waals surface area contributed by atoms with Gasteiger partial charge in [-0.2, -0.15) is 0 Å². The molecule has 3 aromatic heterocycles. The number of nitrogens with zero attached hydrogens (tertiary/aromatic N) is 4. The van der Waals surface area contributed by atoms with Crippen molar-refractivity contribution in [1.82, 2.24) is 19.5 Å². The van der Waals surface area contributed by atoms with Crippen LogP contribution in [-0.4, -0.2) is 44.4 Å². The molecule has 0 saturated carbocycles. The van der Waals surface area contributed by atoms with E-state index in [2.05, 4.69) is 17.2 Å². The SMILES string of the molecule is COc1ccc(-c2c(-c3ccccc3Cl)sc3nc(-c4nccn4C)nc(NC(C)CCCO)c23)cc1. The molecule has 0 aliphatic rings. The molecule has 37 heavy (non-hydrogen) atoms. The third-order valence-electron chi connectivity index (χ3n) is 6.25. The van der Waals surface area contributed by atoms with Crippen LogP contribution in [0.5, 0.6) is 5.75 Å². The Kier molecular flexibility index (Phi) is 7.41. The Balaban J connectivity index is 1.80. The first-order valence-corrected chi connectivity index (χ1v) is 13.3. The van der Waals surface area contributed by atoms with E-state index in [0.29, 0.717) is 23.1 Å². The molecule has 0 fully saturated rings. The Morgan fingerprint density at radius 1 is 1.14 bits per heavy atom. The highest BCUT2D eigenvalue weighted by Crippen LogP contribution is 2.48. The summed E-state index contributed by atoms with van der Waals surface area (Å²) in [4.78, 5) is 16.3. The van der Waals surface area contributed by atoms with Gasteiger partial charge >= 0.3 is 0 Å². The van der Waals surface area contributed by atoms with Gasteiger partial charge in [0.05, 0.1) is 12.5 Å². The largest absolute Gasteiger partial charge is 0.497 e. The summed E-state index contributed by atoms with van der Waals surface area (Å²) < 4.78 is 7.31. The van der Waals surface area contributed by atoms with E-state index in [-0.39, 0.29) is 12.6 Å². The smallest absolute Gasteiger partial charge is 0.199 e. The van der Waals surface area contributed by atoms with Gasteiger partial charge in [0.2, 0.25) is 0 Å². The Bertz CT molecular complexity index is 1530. The van der Waals surface area contributed by atoms with Gasteiger partial charge in [-0.05, 0) is 43.5 Å². The fourth-order valence-electron chi connectivity index (χ4n) is 4.36. The molecule has 0 aliphatic heterocycles. The van der Waals surface area contributed by atoms with E-state index in [1.807, 2.05) is 66.3 Å². The number of ether oxygens (including phenoxy) is 1. The van der Waals surface area contributed by atoms with Crippen LogP contribution in [0.4, 0.5) is 5.82 Å². The van der Waals surface area contributed by atoms with Gasteiger partial charge < -0.3 is 19.7 Å². The number of fused-ring (bicyclic) bond motifs is 1. The molecule has 2 N–H and O–H groups in total. The highest BCUT2D eigenvalue weighted by molar-refractivity contribution is 7.22. The van der Waals surface area contributed by atoms with Crippen LogP contribution >= 0.6 is 22.9 Å². The molecule has 5 rings (SSSR count). The van der Waals surface area contributed by atoms with Crippen molar-refractivity contribution in [3.05, 3.63) is 65.9 Å². The fraction of sp³-hybridized carbons (Fsp3) is 0.250. The number of methoxy groups -OCH3 is 1. The Morgan fingerprint density at radius 3 is 2.59 bits per heavy atom. The van der Waals surface area contributed by atoms with Gasteiger partial charge in [0.15, 0.2) is 11.6 Å². The van der Waals surface area contributed by atoms with E-state index in [1.54, 1.807) is 24.6 Å². The number of thiophene rings is 1. The average molecular weight is 534 g/mol. The van der Waals surface area contributed by atoms with Crippen LogP contribution in [0.3, 0.4) is 0 Å². The summed E-state index contributed by atoms with van der Waals surface area (Å²) in [6.45, 7) is 2.24. The average Bonchev–Trinajstić information content (AvgIpc) is 3.51. The first kappa shape index (κ1) is 25.2. The van der Waals surface area contributed by atoms with Crippen LogP contribution in [0, 0.1) is 0 Å². The molecule has 0 amide bonds. The van der Waals surface area contributed by atoms with Crippen LogP contribution in [0.25, 0.3) is 43.4 Å². The second kappa shape index (κ2) is 10.9. The van der Waals surface area contributed by atoms with Gasteiger partial charge in [-0.25, -0.2) is 15.0 Å². The van der Waals surface area contributed by atoms with E-state index in [1.165, 1.54) is 0 Å². The molecule has 0 radical (unpaired) electrons. The topological polar surface area (TPSA) is 85.1 Å². The van der Waals surface area contributed by atoms with Crippen molar-refractivity contribution in [2.75, 3.05) is 19.0 Å². The lowest BCUT2D eigenvalue weighted by Crippen LogP contribution is -2.17. The first-order chi connectivity index (χ1) is 18.0. The summed E-state index contributed by atoms with van der Waals surface area (Å²) in [5.41, 5.74) is 2.97. The minimum Gasteiger partial charge on any atom is -0.497 e. The van der Waals surface area contributed by atoms with Gasteiger partial charge in [0.1, 0.15) is 16.4 Å². The normalized spacial score (nSPS) is 12.1. The molecule has 190 valence electrons. The number of anilines is 1. The van der Waals surface area contributed by atoms with Crippen molar-refractivity contribution >= 4 is 39.0 Å². The van der Waals surface area contributed by atoms with Crippen LogP contribution in [0.15, 0.2) is 60.9 Å². The van der Waals surface area contributed by atoms with Gasteiger partial charge in [-0.15, -0.1) is 11.3 Å². The summed E-state index contributed by atoms with van der Waals surface area (Å²) >= 11 is 8.29. The number of hydrogen-bond acceptors (Lipinski definition) is 7. The van der Waals surface area contributed by atoms with Gasteiger partial charge in [-0.1, -0.05) is 41.9 Å². The van der Waals surface area contributed by atoms with Crippen molar-refractivity contribution in [2.24, 2.45) is 7.05 Å². The number of halogens is 1. The van der Waals surface area contributed by atoms with E-state index < -0.39 is 0 Å². The lowest BCUT2D eigenvalue weighted by atomic mass is 9.99. The van der Waals surface area contributed by atoms with E-state index in [9.17, 15) is 5.11 Å². The third-order valence-corrected chi connectivity index (χ3v) is 7.69. The lowest BCUT2D eigenvalue weighted by Gasteiger charge is -2.17. The van der Waals surface area contributed by atoms with Crippen LogP contribution in [0.1, 0.15) is 19.8 Å². The maximum absolute atomic E-state index is 9.36. The molecule has 5 aromatic rings. The highest BCUT2D eigenvalue weighted by Gasteiger charge is 2.24. The minimum absolute atomic E-state index is 0.0897. The van der Waals surface area contributed by atoms with Gasteiger partial charge in [0, 0.05) is 53.1 Å². The molecule has 1 unspecified atom stereocenters. The number of nitrogens with one attached hydrogen (secondary N) is 1. The summed E-state index contributed by atoms with van der Waals surface area (Å²) in [6.07, 6.45) is 5.13. The van der Waals surface area contributed by atoms with Crippen molar-refractivity contribution < 1.29 is 9.84 Å². The fourth-order valence-corrected chi connectivity index (χ4v) is 5.88. The molecular weight excluding hydrogens is 506 g/mol. The van der Waals surface area contributed by atoms with Gasteiger partial charge in [0.25, 0.3) is 0 Å². The van der Waals surface area contributed by atoms with Crippen molar-refractivity contribution in [3.63, 3.8) is 0 Å². The van der Waals surface area contributed by atoms with Crippen LogP contribution < -0.4 is 10.1 Å². The van der Waals surface area contributed by atoms with Crippen LogP contribution in [-0.2, 0) is 7.05 Å². The molecular formula is C28H28ClN5O2S. The maximum Gasteiger partial charge on any atom is 0.199 e. The summed E-state index contributed by atoms with van der Waals surface area (Å²) in [5.74, 6) is 2.75. The van der Waals surface area contributed by atoms with Crippen molar-refractivity contribution in [3.8, 4) is 39.0 Å². The number of hydrogen-bond donors (Lipinski definition) is 2. The second-order valence-corrected chi connectivity index (χ2v) is 10.3. The molecule has 1 atom stereocenters. The third kappa shape index (κ3) is 5.05. The van der Waals surface area contributed by atoms with Crippen LogP contribution in [0.2, 0.25) is 5.02 Å². The molecule has 9 heteroatoms. The second-order valence-electron chi connectivity index (χ2n) is 8.86. The Morgan fingerprint density at radius 2 is 1.92 bits per heavy atom. The lowest BCUT2D eigenvalue weighted by molar-refractivity contribution is 0.282. The van der Waals surface area contributed by atoms with E-state index >= 15 is 0 Å². The quantitative estimate of drug-likeness (QED) is 0.220. The number of rotatable bonds is 9. The summed E-state index contributed by atoms with van der Waals surface area (Å²) in [7, 11) is 3.59. The minimum atomic E-state index is 0.0897. The summed E-state index contributed by atoms with van der Waals surface area (Å²) in [6, 6.07) is 15.9. The number of aromatic nitrogens is 4. The number of imidazole rings is 1. The predicted molar refractivity (Wildman–Crippen MR) is 151 cm³/mol. The van der Waals surface area contributed by atoms with E-state index in [4.69, 9.17) is 26.3 Å². The predicted octanol–water partition coefficient (Wildman–Crippen LogP) is 6.66. The number of benzene rings is 2. The molecule has 0 spiro atoms.